The van der Waals surface area contributed by atoms with E-state index in [2.05, 4.69) is 0 Å². The first-order valence-electron chi connectivity index (χ1n) is 2.96. The zero-order valence-corrected chi connectivity index (χ0v) is 8.49. The van der Waals surface area contributed by atoms with Gasteiger partial charge in [-0.3, -0.25) is 0 Å². The Balaban J connectivity index is 0.000000640. The maximum Gasteiger partial charge on any atom is 0.0693 e. The third kappa shape index (κ3) is 2.90. The first-order valence-corrected chi connectivity index (χ1v) is 2.96. The smallest absolute Gasteiger partial charge is 0.0693 e. The van der Waals surface area contributed by atoms with E-state index in [4.69, 9.17) is 0 Å². The molecule has 1 rings (SSSR count). The number of allylic oxidation sites excluding steroid dienone is 2. The second kappa shape index (κ2) is 4.57. The van der Waals surface area contributed by atoms with Crippen LogP contribution in [0.5, 0.6) is 0 Å². The fourth-order valence-corrected chi connectivity index (χ4v) is 0.857. The molecule has 0 spiro atoms. The normalized spacial score (nSPS) is 19.3. The SMILES string of the molecule is CC1=C(F)C[CH-]CC1.[Y]. The second-order valence-corrected chi connectivity index (χ2v) is 2.22. The van der Waals surface area contributed by atoms with Gasteiger partial charge in [0.25, 0.3) is 0 Å². The molecule has 0 saturated carbocycles. The molecular formula is C7H10FY-. The van der Waals surface area contributed by atoms with Gasteiger partial charge in [0.05, 0.1) is 5.83 Å². The van der Waals surface area contributed by atoms with E-state index in [9.17, 15) is 4.39 Å². The Hall–Kier alpha value is 0.774. The van der Waals surface area contributed by atoms with Crippen molar-refractivity contribution in [2.45, 2.75) is 26.2 Å². The van der Waals surface area contributed by atoms with Gasteiger partial charge < -0.3 is 6.42 Å². The predicted molar refractivity (Wildman–Crippen MR) is 32.0 cm³/mol. The summed E-state index contributed by atoms with van der Waals surface area (Å²) in [6.07, 6.45) is 4.53. The molecular weight excluding hydrogens is 192 g/mol. The van der Waals surface area contributed by atoms with E-state index in [1.54, 1.807) is 0 Å². The molecule has 0 N–H and O–H groups in total. The van der Waals surface area contributed by atoms with Crippen molar-refractivity contribution in [2.75, 3.05) is 0 Å². The molecule has 1 aliphatic carbocycles. The average Bonchev–Trinajstić information content (AvgIpc) is 1.77. The van der Waals surface area contributed by atoms with E-state index in [1.165, 1.54) is 0 Å². The van der Waals surface area contributed by atoms with Crippen molar-refractivity contribution in [3.8, 4) is 0 Å². The standard InChI is InChI=1S/C7H10F.Y/c1-6-4-2-3-5-7(6)8;/h3H,2,4-5H2,1H3;/q-1;. The van der Waals surface area contributed by atoms with Crippen LogP contribution in [0.4, 0.5) is 4.39 Å². The molecule has 49 valence electrons. The molecule has 0 fully saturated rings. The van der Waals surface area contributed by atoms with Crippen LogP contribution in [0.1, 0.15) is 26.2 Å². The molecule has 0 saturated heterocycles. The summed E-state index contributed by atoms with van der Waals surface area (Å²) in [4.78, 5) is 0. The Morgan fingerprint density at radius 1 is 1.56 bits per heavy atom. The fraction of sp³-hybridized carbons (Fsp3) is 0.571. The van der Waals surface area contributed by atoms with E-state index < -0.39 is 0 Å². The Kier molecular flexibility index (Phi) is 4.96. The van der Waals surface area contributed by atoms with Crippen LogP contribution in [-0.4, -0.2) is 0 Å². The van der Waals surface area contributed by atoms with Crippen molar-refractivity contribution in [1.82, 2.24) is 0 Å². The topological polar surface area (TPSA) is 0 Å². The van der Waals surface area contributed by atoms with Crippen molar-refractivity contribution in [2.24, 2.45) is 0 Å². The molecule has 0 nitrogen and oxygen atoms in total. The van der Waals surface area contributed by atoms with Gasteiger partial charge in [-0.15, -0.1) is 6.42 Å². The van der Waals surface area contributed by atoms with Gasteiger partial charge >= 0.3 is 0 Å². The van der Waals surface area contributed by atoms with Gasteiger partial charge in [0, 0.05) is 32.7 Å². The number of hydrogen-bond acceptors (Lipinski definition) is 0. The Morgan fingerprint density at radius 3 is 2.56 bits per heavy atom. The average molecular weight is 202 g/mol. The van der Waals surface area contributed by atoms with Crippen LogP contribution in [0.15, 0.2) is 11.4 Å². The van der Waals surface area contributed by atoms with Crippen LogP contribution in [0.2, 0.25) is 0 Å². The van der Waals surface area contributed by atoms with Gasteiger partial charge in [0.2, 0.25) is 0 Å². The molecule has 0 heterocycles. The zero-order chi connectivity index (χ0) is 5.98. The minimum atomic E-state index is 0. The molecule has 0 aliphatic heterocycles. The third-order valence-electron chi connectivity index (χ3n) is 1.51. The Bertz CT molecular complexity index is 104. The summed E-state index contributed by atoms with van der Waals surface area (Å²) in [6, 6.07) is 0. The van der Waals surface area contributed by atoms with Crippen LogP contribution < -0.4 is 0 Å². The molecule has 0 aromatic rings. The van der Waals surface area contributed by atoms with E-state index in [1.807, 2.05) is 13.3 Å². The quantitative estimate of drug-likeness (QED) is 0.529. The molecule has 0 bridgehead atoms. The number of hydrogen-bond donors (Lipinski definition) is 0. The summed E-state index contributed by atoms with van der Waals surface area (Å²) >= 11 is 0. The largest absolute Gasteiger partial charge is 0.322 e. The van der Waals surface area contributed by atoms with E-state index in [0.29, 0.717) is 6.42 Å². The van der Waals surface area contributed by atoms with Crippen LogP contribution in [0.25, 0.3) is 0 Å². The van der Waals surface area contributed by atoms with Gasteiger partial charge in [0.15, 0.2) is 0 Å². The minimum absolute atomic E-state index is 0. The summed E-state index contributed by atoms with van der Waals surface area (Å²) in [6.45, 7) is 1.86. The molecule has 2 heteroatoms. The van der Waals surface area contributed by atoms with Crippen LogP contribution in [0.3, 0.4) is 0 Å². The molecule has 0 atom stereocenters. The van der Waals surface area contributed by atoms with Gasteiger partial charge in [-0.05, 0) is 12.5 Å². The molecule has 0 amide bonds. The van der Waals surface area contributed by atoms with Gasteiger partial charge in [-0.2, -0.15) is 6.42 Å². The van der Waals surface area contributed by atoms with Crippen molar-refractivity contribution in [1.29, 1.82) is 0 Å². The summed E-state index contributed by atoms with van der Waals surface area (Å²) in [5.41, 5.74) is 0.938. The maximum absolute atomic E-state index is 12.4. The summed E-state index contributed by atoms with van der Waals surface area (Å²) in [7, 11) is 0. The molecule has 0 aromatic heterocycles. The van der Waals surface area contributed by atoms with Gasteiger partial charge in [0.1, 0.15) is 0 Å². The summed E-state index contributed by atoms with van der Waals surface area (Å²) in [5, 5.41) is 0. The number of halogens is 1. The van der Waals surface area contributed by atoms with Crippen molar-refractivity contribution in [3.05, 3.63) is 17.8 Å². The summed E-state index contributed by atoms with van der Waals surface area (Å²) < 4.78 is 12.4. The van der Waals surface area contributed by atoms with Crippen LogP contribution in [-0.2, 0) is 32.7 Å². The molecule has 1 aliphatic rings. The van der Waals surface area contributed by atoms with Gasteiger partial charge in [-0.1, -0.05) is 6.42 Å². The molecule has 1 radical (unpaired) electrons. The first-order chi connectivity index (χ1) is 3.80. The molecule has 9 heavy (non-hydrogen) atoms. The van der Waals surface area contributed by atoms with Gasteiger partial charge in [-0.25, -0.2) is 4.39 Å². The van der Waals surface area contributed by atoms with Crippen LogP contribution in [0, 0.1) is 6.42 Å². The van der Waals surface area contributed by atoms with E-state index in [-0.39, 0.29) is 38.5 Å². The maximum atomic E-state index is 12.4. The molecule has 0 unspecified atom stereocenters. The Labute approximate surface area is 80.8 Å². The third-order valence-corrected chi connectivity index (χ3v) is 1.51. The van der Waals surface area contributed by atoms with E-state index >= 15 is 0 Å². The van der Waals surface area contributed by atoms with E-state index in [0.717, 1.165) is 18.4 Å². The van der Waals surface area contributed by atoms with Crippen LogP contribution >= 0.6 is 0 Å². The molecule has 0 aromatic carbocycles. The first kappa shape index (κ1) is 9.77. The predicted octanol–water partition coefficient (Wildman–Crippen LogP) is 2.62. The number of rotatable bonds is 0. The Morgan fingerprint density at radius 2 is 2.22 bits per heavy atom. The van der Waals surface area contributed by atoms with Crippen molar-refractivity contribution >= 4 is 0 Å². The van der Waals surface area contributed by atoms with Crippen molar-refractivity contribution < 1.29 is 37.1 Å². The monoisotopic (exact) mass is 202 g/mol. The fourth-order valence-electron chi connectivity index (χ4n) is 0.857. The van der Waals surface area contributed by atoms with Crippen molar-refractivity contribution in [3.63, 3.8) is 0 Å². The zero-order valence-electron chi connectivity index (χ0n) is 5.65. The minimum Gasteiger partial charge on any atom is -0.322 e. The second-order valence-electron chi connectivity index (χ2n) is 2.22. The summed E-state index contributed by atoms with van der Waals surface area (Å²) in [5.74, 6) is 0.0799.